The molecule has 0 N–H and O–H groups in total. The van der Waals surface area contributed by atoms with Crippen LogP contribution < -0.4 is 0 Å². The number of carbonyl (C=O) groups is 2. The number of esters is 1. The number of rotatable bonds is 6. The number of nitrogens with zero attached hydrogens (tertiary/aromatic N) is 2. The molecule has 0 aliphatic carbocycles. The molecule has 33 heavy (non-hydrogen) atoms. The fraction of sp³-hybridized carbons (Fsp3) is 0.200. The van der Waals surface area contributed by atoms with Crippen molar-refractivity contribution in [2.75, 3.05) is 32.8 Å². The summed E-state index contributed by atoms with van der Waals surface area (Å²) < 4.78 is 32.0. The van der Waals surface area contributed by atoms with E-state index in [0.29, 0.717) is 5.56 Å². The summed E-state index contributed by atoms with van der Waals surface area (Å²) in [4.78, 5) is 26.6. The monoisotopic (exact) mass is 464 g/mol. The van der Waals surface area contributed by atoms with Crippen LogP contribution in [-0.4, -0.2) is 62.3 Å². The predicted octanol–water partition coefficient (Wildman–Crippen LogP) is 3.04. The number of piperazine rings is 1. The second-order valence-electron chi connectivity index (χ2n) is 7.62. The molecule has 1 aliphatic heterocycles. The van der Waals surface area contributed by atoms with Crippen LogP contribution in [-0.2, 0) is 19.6 Å². The van der Waals surface area contributed by atoms with Gasteiger partial charge >= 0.3 is 5.97 Å². The molecular formula is C25H24N2O5S. The van der Waals surface area contributed by atoms with Crippen molar-refractivity contribution in [1.29, 1.82) is 0 Å². The maximum Gasteiger partial charge on any atom is 0.338 e. The van der Waals surface area contributed by atoms with Gasteiger partial charge in [0.2, 0.25) is 10.0 Å². The van der Waals surface area contributed by atoms with Crippen molar-refractivity contribution in [3.8, 4) is 11.1 Å². The molecule has 0 spiro atoms. The summed E-state index contributed by atoms with van der Waals surface area (Å²) in [5.74, 6) is -0.922. The highest BCUT2D eigenvalue weighted by Gasteiger charge is 2.30. The van der Waals surface area contributed by atoms with Gasteiger partial charge < -0.3 is 9.64 Å². The molecule has 1 heterocycles. The molecule has 3 aromatic rings. The Bertz CT molecular complexity index is 1200. The molecule has 170 valence electrons. The van der Waals surface area contributed by atoms with Gasteiger partial charge in [-0.2, -0.15) is 4.31 Å². The molecule has 0 aromatic heterocycles. The number of benzene rings is 3. The molecule has 1 aliphatic rings. The minimum Gasteiger partial charge on any atom is -0.452 e. The smallest absolute Gasteiger partial charge is 0.338 e. The van der Waals surface area contributed by atoms with E-state index in [9.17, 15) is 18.0 Å². The largest absolute Gasteiger partial charge is 0.452 e. The quantitative estimate of drug-likeness (QED) is 0.524. The Balaban J connectivity index is 1.28. The van der Waals surface area contributed by atoms with E-state index >= 15 is 0 Å². The molecule has 0 bridgehead atoms. The lowest BCUT2D eigenvalue weighted by molar-refractivity contribution is -0.135. The van der Waals surface area contributed by atoms with Crippen LogP contribution >= 0.6 is 0 Å². The topological polar surface area (TPSA) is 84.0 Å². The molecule has 1 saturated heterocycles. The molecule has 8 heteroatoms. The van der Waals surface area contributed by atoms with E-state index in [4.69, 9.17) is 4.74 Å². The van der Waals surface area contributed by atoms with Crippen molar-refractivity contribution in [2.45, 2.75) is 4.90 Å². The fourth-order valence-electron chi connectivity index (χ4n) is 3.65. The van der Waals surface area contributed by atoms with Gasteiger partial charge in [-0.15, -0.1) is 0 Å². The van der Waals surface area contributed by atoms with Crippen molar-refractivity contribution in [3.63, 3.8) is 0 Å². The number of hydrogen-bond donors (Lipinski definition) is 0. The van der Waals surface area contributed by atoms with Crippen molar-refractivity contribution >= 4 is 21.9 Å². The van der Waals surface area contributed by atoms with Crippen molar-refractivity contribution in [3.05, 3.63) is 90.5 Å². The van der Waals surface area contributed by atoms with Crippen LogP contribution in [0.25, 0.3) is 11.1 Å². The number of amides is 1. The molecular weight excluding hydrogens is 440 g/mol. The number of hydrogen-bond acceptors (Lipinski definition) is 5. The van der Waals surface area contributed by atoms with Crippen LogP contribution in [0, 0.1) is 0 Å². The summed E-state index contributed by atoms with van der Waals surface area (Å²) in [6.07, 6.45) is 0. The SMILES string of the molecule is O=C(OCC(=O)N1CCN(S(=O)(=O)c2ccccc2)CC1)c1ccc(-c2ccccc2)cc1. The van der Waals surface area contributed by atoms with Gasteiger partial charge in [0.25, 0.3) is 5.91 Å². The van der Waals surface area contributed by atoms with E-state index < -0.39 is 16.0 Å². The van der Waals surface area contributed by atoms with Gasteiger partial charge in [0.15, 0.2) is 6.61 Å². The molecule has 0 saturated carbocycles. The van der Waals surface area contributed by atoms with Gasteiger partial charge in [-0.25, -0.2) is 13.2 Å². The fourth-order valence-corrected chi connectivity index (χ4v) is 5.09. The van der Waals surface area contributed by atoms with E-state index in [-0.39, 0.29) is 43.6 Å². The average Bonchev–Trinajstić information content (AvgIpc) is 2.88. The van der Waals surface area contributed by atoms with Crippen molar-refractivity contribution in [1.82, 2.24) is 9.21 Å². The minimum absolute atomic E-state index is 0.192. The van der Waals surface area contributed by atoms with Gasteiger partial charge in [-0.05, 0) is 35.4 Å². The minimum atomic E-state index is -3.59. The highest BCUT2D eigenvalue weighted by Crippen LogP contribution is 2.20. The Morgan fingerprint density at radius 3 is 1.88 bits per heavy atom. The Kier molecular flexibility index (Phi) is 6.86. The van der Waals surface area contributed by atoms with Crippen LogP contribution in [0.15, 0.2) is 89.8 Å². The first-order valence-corrected chi connectivity index (χ1v) is 12.0. The summed E-state index contributed by atoms with van der Waals surface area (Å²) in [5, 5.41) is 0. The third-order valence-electron chi connectivity index (χ3n) is 5.53. The zero-order valence-corrected chi connectivity index (χ0v) is 18.8. The standard InChI is InChI=1S/C25H24N2O5S/c28-24(26-15-17-27(18-16-26)33(30,31)23-9-5-2-6-10-23)19-32-25(29)22-13-11-21(12-14-22)20-7-3-1-4-8-20/h1-14H,15-19H2. The highest BCUT2D eigenvalue weighted by molar-refractivity contribution is 7.89. The lowest BCUT2D eigenvalue weighted by Crippen LogP contribution is -2.51. The highest BCUT2D eigenvalue weighted by atomic mass is 32.2. The third-order valence-corrected chi connectivity index (χ3v) is 7.44. The van der Waals surface area contributed by atoms with E-state index in [1.807, 2.05) is 42.5 Å². The summed E-state index contributed by atoms with van der Waals surface area (Å²) in [7, 11) is -3.59. The molecule has 3 aromatic carbocycles. The lowest BCUT2D eigenvalue weighted by Gasteiger charge is -2.33. The first-order valence-electron chi connectivity index (χ1n) is 10.6. The van der Waals surface area contributed by atoms with Crippen LogP contribution in [0.2, 0.25) is 0 Å². The Morgan fingerprint density at radius 1 is 0.727 bits per heavy atom. The zero-order valence-electron chi connectivity index (χ0n) is 18.0. The van der Waals surface area contributed by atoms with Gasteiger partial charge in [0.1, 0.15) is 0 Å². The van der Waals surface area contributed by atoms with E-state index in [1.165, 1.54) is 9.21 Å². The summed E-state index contributed by atoms with van der Waals surface area (Å²) in [6.45, 7) is 0.489. The van der Waals surface area contributed by atoms with Crippen molar-refractivity contribution < 1.29 is 22.7 Å². The maximum atomic E-state index is 12.7. The van der Waals surface area contributed by atoms with E-state index in [2.05, 4.69) is 0 Å². The van der Waals surface area contributed by atoms with Gasteiger partial charge in [-0.3, -0.25) is 4.79 Å². The normalized spacial score (nSPS) is 14.6. The molecule has 0 radical (unpaired) electrons. The molecule has 0 unspecified atom stereocenters. The third kappa shape index (κ3) is 5.30. The second kappa shape index (κ2) is 9.97. The van der Waals surface area contributed by atoms with Gasteiger partial charge in [0, 0.05) is 26.2 Å². The molecule has 1 fully saturated rings. The van der Waals surface area contributed by atoms with Gasteiger partial charge in [0.05, 0.1) is 10.5 Å². The number of sulfonamides is 1. The molecule has 7 nitrogen and oxygen atoms in total. The predicted molar refractivity (Wildman–Crippen MR) is 124 cm³/mol. The average molecular weight is 465 g/mol. The number of ether oxygens (including phenoxy) is 1. The Labute approximate surface area is 193 Å². The van der Waals surface area contributed by atoms with Crippen LogP contribution in [0.4, 0.5) is 0 Å². The van der Waals surface area contributed by atoms with Crippen LogP contribution in [0.5, 0.6) is 0 Å². The summed E-state index contributed by atoms with van der Waals surface area (Å²) in [5.41, 5.74) is 2.38. The molecule has 4 rings (SSSR count). The second-order valence-corrected chi connectivity index (χ2v) is 9.56. The van der Waals surface area contributed by atoms with Crippen LogP contribution in [0.3, 0.4) is 0 Å². The summed E-state index contributed by atoms with van der Waals surface area (Å²) >= 11 is 0. The molecule has 1 amide bonds. The van der Waals surface area contributed by atoms with Crippen LogP contribution in [0.1, 0.15) is 10.4 Å². The maximum absolute atomic E-state index is 12.7. The first kappa shape index (κ1) is 22.7. The first-order chi connectivity index (χ1) is 15.9. The summed E-state index contributed by atoms with van der Waals surface area (Å²) in [6, 6.07) is 25.0. The number of carbonyl (C=O) groups excluding carboxylic acids is 2. The molecule has 0 atom stereocenters. The van der Waals surface area contributed by atoms with E-state index in [1.54, 1.807) is 42.5 Å². The van der Waals surface area contributed by atoms with E-state index in [0.717, 1.165) is 11.1 Å². The zero-order chi connectivity index (χ0) is 23.3. The van der Waals surface area contributed by atoms with Crippen molar-refractivity contribution in [2.24, 2.45) is 0 Å². The Hall–Kier alpha value is -3.49. The Morgan fingerprint density at radius 2 is 1.27 bits per heavy atom. The lowest BCUT2D eigenvalue weighted by atomic mass is 10.0. The van der Waals surface area contributed by atoms with Gasteiger partial charge in [-0.1, -0.05) is 60.7 Å².